The van der Waals surface area contributed by atoms with Crippen molar-refractivity contribution >= 4 is 15.9 Å². The van der Waals surface area contributed by atoms with E-state index in [9.17, 15) is 4.39 Å². The zero-order valence-electron chi connectivity index (χ0n) is 8.34. The minimum Gasteiger partial charge on any atom is -0.271 e. The second kappa shape index (κ2) is 4.60. The van der Waals surface area contributed by atoms with Crippen LogP contribution in [0.3, 0.4) is 0 Å². The van der Waals surface area contributed by atoms with E-state index in [2.05, 4.69) is 21.4 Å². The van der Waals surface area contributed by atoms with Crippen LogP contribution in [0, 0.1) is 11.7 Å². The summed E-state index contributed by atoms with van der Waals surface area (Å²) in [7, 11) is 0. The molecular formula is C11H14BrFN2. The summed E-state index contributed by atoms with van der Waals surface area (Å²) in [6.45, 7) is 0. The monoisotopic (exact) mass is 272 g/mol. The van der Waals surface area contributed by atoms with Crippen LogP contribution in [0.1, 0.15) is 30.9 Å². The van der Waals surface area contributed by atoms with Gasteiger partial charge in [0.15, 0.2) is 0 Å². The Kier molecular flexibility index (Phi) is 3.38. The zero-order chi connectivity index (χ0) is 10.8. The van der Waals surface area contributed by atoms with E-state index in [0.29, 0.717) is 0 Å². The summed E-state index contributed by atoms with van der Waals surface area (Å²) in [5.74, 6) is 6.07. The van der Waals surface area contributed by atoms with E-state index in [1.165, 1.54) is 25.0 Å². The second-order valence-corrected chi connectivity index (χ2v) is 4.92. The molecule has 0 amide bonds. The predicted molar refractivity (Wildman–Crippen MR) is 61.5 cm³/mol. The standard InChI is InChI=1S/C11H14BrFN2/c12-10-6-8(13)3-4-9(10)11(15-14)5-7-1-2-7/h3-4,6-7,11,15H,1-2,5,14H2. The number of hydrazine groups is 1. The first-order valence-electron chi connectivity index (χ1n) is 5.12. The van der Waals surface area contributed by atoms with Crippen LogP contribution in [0.15, 0.2) is 22.7 Å². The maximum Gasteiger partial charge on any atom is 0.124 e. The van der Waals surface area contributed by atoms with Gasteiger partial charge in [-0.3, -0.25) is 11.3 Å². The van der Waals surface area contributed by atoms with Crippen molar-refractivity contribution in [2.75, 3.05) is 0 Å². The molecule has 1 aliphatic carbocycles. The first kappa shape index (κ1) is 11.0. The summed E-state index contributed by atoms with van der Waals surface area (Å²) < 4.78 is 13.7. The maximum atomic E-state index is 12.9. The van der Waals surface area contributed by atoms with Crippen LogP contribution in [-0.4, -0.2) is 0 Å². The Hall–Kier alpha value is -0.450. The predicted octanol–water partition coefficient (Wildman–Crippen LogP) is 2.89. The van der Waals surface area contributed by atoms with Crippen LogP contribution in [-0.2, 0) is 0 Å². The molecule has 0 saturated heterocycles. The fourth-order valence-corrected chi connectivity index (χ4v) is 2.38. The molecule has 4 heteroatoms. The van der Waals surface area contributed by atoms with Crippen molar-refractivity contribution in [3.63, 3.8) is 0 Å². The van der Waals surface area contributed by atoms with Crippen LogP contribution in [0.2, 0.25) is 0 Å². The third kappa shape index (κ3) is 2.77. The lowest BCUT2D eigenvalue weighted by atomic mass is 10.0. The minimum absolute atomic E-state index is 0.118. The Morgan fingerprint density at radius 3 is 2.80 bits per heavy atom. The third-order valence-corrected chi connectivity index (χ3v) is 3.49. The first-order chi connectivity index (χ1) is 7.20. The number of benzene rings is 1. The third-order valence-electron chi connectivity index (χ3n) is 2.81. The number of rotatable bonds is 4. The lowest BCUT2D eigenvalue weighted by Gasteiger charge is -2.17. The van der Waals surface area contributed by atoms with Crippen molar-refractivity contribution in [1.29, 1.82) is 0 Å². The molecule has 2 nitrogen and oxygen atoms in total. The van der Waals surface area contributed by atoms with E-state index in [1.54, 1.807) is 6.07 Å². The van der Waals surface area contributed by atoms with Crippen molar-refractivity contribution in [1.82, 2.24) is 5.43 Å². The van der Waals surface area contributed by atoms with E-state index in [4.69, 9.17) is 5.84 Å². The molecule has 82 valence electrons. The van der Waals surface area contributed by atoms with Crippen molar-refractivity contribution in [3.05, 3.63) is 34.1 Å². The molecule has 1 fully saturated rings. The van der Waals surface area contributed by atoms with Gasteiger partial charge in [0.25, 0.3) is 0 Å². The summed E-state index contributed by atoms with van der Waals surface area (Å²) in [5, 5.41) is 0. The van der Waals surface area contributed by atoms with Gasteiger partial charge in [0.1, 0.15) is 5.82 Å². The number of hydrogen-bond donors (Lipinski definition) is 2. The average molecular weight is 273 g/mol. The Balaban J connectivity index is 2.16. The highest BCUT2D eigenvalue weighted by molar-refractivity contribution is 9.10. The first-order valence-corrected chi connectivity index (χ1v) is 5.91. The van der Waals surface area contributed by atoms with Crippen molar-refractivity contribution in [2.45, 2.75) is 25.3 Å². The molecule has 1 aromatic carbocycles. The molecule has 3 N–H and O–H groups in total. The van der Waals surface area contributed by atoms with E-state index in [-0.39, 0.29) is 11.9 Å². The minimum atomic E-state index is -0.229. The smallest absolute Gasteiger partial charge is 0.124 e. The van der Waals surface area contributed by atoms with Crippen LogP contribution in [0.5, 0.6) is 0 Å². The lowest BCUT2D eigenvalue weighted by Crippen LogP contribution is -2.28. The molecule has 1 aromatic rings. The van der Waals surface area contributed by atoms with Crippen molar-refractivity contribution < 1.29 is 4.39 Å². The van der Waals surface area contributed by atoms with Gasteiger partial charge < -0.3 is 0 Å². The molecule has 1 aliphatic rings. The fourth-order valence-electron chi connectivity index (χ4n) is 1.76. The molecule has 1 atom stereocenters. The van der Waals surface area contributed by atoms with Gasteiger partial charge in [-0.2, -0.15) is 0 Å². The van der Waals surface area contributed by atoms with Gasteiger partial charge in [0, 0.05) is 10.5 Å². The summed E-state index contributed by atoms with van der Waals surface area (Å²) in [6.07, 6.45) is 3.61. The lowest BCUT2D eigenvalue weighted by molar-refractivity contribution is 0.484. The van der Waals surface area contributed by atoms with E-state index in [1.807, 2.05) is 0 Å². The van der Waals surface area contributed by atoms with Gasteiger partial charge in [0.2, 0.25) is 0 Å². The molecule has 15 heavy (non-hydrogen) atoms. The second-order valence-electron chi connectivity index (χ2n) is 4.06. The number of nitrogens with one attached hydrogen (secondary N) is 1. The largest absolute Gasteiger partial charge is 0.271 e. The SMILES string of the molecule is NNC(CC1CC1)c1ccc(F)cc1Br. The summed E-state index contributed by atoms with van der Waals surface area (Å²) in [6, 6.07) is 4.85. The molecule has 2 rings (SSSR count). The zero-order valence-corrected chi connectivity index (χ0v) is 9.93. The van der Waals surface area contributed by atoms with E-state index >= 15 is 0 Å². The molecule has 0 radical (unpaired) electrons. The number of hydrogen-bond acceptors (Lipinski definition) is 2. The Bertz CT molecular complexity index is 352. The molecule has 0 aromatic heterocycles. The van der Waals surface area contributed by atoms with Crippen LogP contribution in [0.25, 0.3) is 0 Å². The molecular weight excluding hydrogens is 259 g/mol. The van der Waals surface area contributed by atoms with Gasteiger partial charge >= 0.3 is 0 Å². The maximum absolute atomic E-state index is 12.9. The summed E-state index contributed by atoms with van der Waals surface area (Å²) in [4.78, 5) is 0. The van der Waals surface area contributed by atoms with Gasteiger partial charge in [-0.15, -0.1) is 0 Å². The van der Waals surface area contributed by atoms with Gasteiger partial charge in [-0.05, 0) is 30.0 Å². The average Bonchev–Trinajstić information content (AvgIpc) is 2.99. The number of halogens is 2. The van der Waals surface area contributed by atoms with Crippen LogP contribution >= 0.6 is 15.9 Å². The molecule has 1 unspecified atom stereocenters. The normalized spacial score (nSPS) is 17.8. The highest BCUT2D eigenvalue weighted by Crippen LogP contribution is 2.38. The Labute approximate surface area is 97.1 Å². The molecule has 0 bridgehead atoms. The van der Waals surface area contributed by atoms with E-state index in [0.717, 1.165) is 22.4 Å². The van der Waals surface area contributed by atoms with Crippen molar-refractivity contribution in [3.8, 4) is 0 Å². The molecule has 1 saturated carbocycles. The molecule has 0 aliphatic heterocycles. The van der Waals surface area contributed by atoms with Crippen LogP contribution in [0.4, 0.5) is 4.39 Å². The molecule has 0 spiro atoms. The van der Waals surface area contributed by atoms with Gasteiger partial charge in [-0.1, -0.05) is 34.8 Å². The highest BCUT2D eigenvalue weighted by Gasteiger charge is 2.26. The number of nitrogens with two attached hydrogens (primary N) is 1. The highest BCUT2D eigenvalue weighted by atomic mass is 79.9. The van der Waals surface area contributed by atoms with Crippen LogP contribution < -0.4 is 11.3 Å². The Morgan fingerprint density at radius 1 is 1.53 bits per heavy atom. The topological polar surface area (TPSA) is 38.0 Å². The Morgan fingerprint density at radius 2 is 2.27 bits per heavy atom. The van der Waals surface area contributed by atoms with E-state index < -0.39 is 0 Å². The van der Waals surface area contributed by atoms with Crippen molar-refractivity contribution in [2.24, 2.45) is 11.8 Å². The fraction of sp³-hybridized carbons (Fsp3) is 0.455. The summed E-state index contributed by atoms with van der Waals surface area (Å²) >= 11 is 3.36. The quantitative estimate of drug-likeness (QED) is 0.654. The molecule has 0 heterocycles. The van der Waals surface area contributed by atoms with Gasteiger partial charge in [0.05, 0.1) is 0 Å². The van der Waals surface area contributed by atoms with Gasteiger partial charge in [-0.25, -0.2) is 4.39 Å². The summed E-state index contributed by atoms with van der Waals surface area (Å²) in [5.41, 5.74) is 3.83.